The molecule has 0 aliphatic heterocycles. The van der Waals surface area contributed by atoms with E-state index in [1.165, 1.54) is 18.5 Å². The van der Waals surface area contributed by atoms with Crippen molar-refractivity contribution >= 4 is 16.9 Å². The second-order valence-corrected chi connectivity index (χ2v) is 5.84. The smallest absolute Gasteiger partial charge is 0.322 e. The highest BCUT2D eigenvalue weighted by Crippen LogP contribution is 2.34. The lowest BCUT2D eigenvalue weighted by Gasteiger charge is -2.07. The molecule has 2 N–H and O–H groups in total. The molecule has 0 unspecified atom stereocenters. The summed E-state index contributed by atoms with van der Waals surface area (Å²) in [6, 6.07) is 6.50. The quantitative estimate of drug-likeness (QED) is 0.570. The monoisotopic (exact) mass is 380 g/mol. The van der Waals surface area contributed by atoms with Crippen molar-refractivity contribution in [3.8, 4) is 22.9 Å². The van der Waals surface area contributed by atoms with Crippen molar-refractivity contribution in [3.05, 3.63) is 54.5 Å². The summed E-state index contributed by atoms with van der Waals surface area (Å²) in [6.07, 6.45) is 4.80. The molecule has 3 heterocycles. The third-order valence-electron chi connectivity index (χ3n) is 4.00. The summed E-state index contributed by atoms with van der Waals surface area (Å²) < 4.78 is 21.8. The maximum absolute atomic E-state index is 14.6. The van der Waals surface area contributed by atoms with E-state index >= 15 is 0 Å². The van der Waals surface area contributed by atoms with Crippen molar-refractivity contribution in [1.82, 2.24) is 24.5 Å². The minimum atomic E-state index is -0.528. The highest BCUT2D eigenvalue weighted by Gasteiger charge is 2.15. The van der Waals surface area contributed by atoms with Crippen LogP contribution >= 0.6 is 0 Å². The number of aromatic nitrogens is 5. The summed E-state index contributed by atoms with van der Waals surface area (Å²) in [4.78, 5) is 16.3. The van der Waals surface area contributed by atoms with Gasteiger partial charge < -0.3 is 15.0 Å². The minimum Gasteiger partial charge on any atom is -0.421 e. The number of benzene rings is 1. The normalized spacial score (nSPS) is 10.5. The summed E-state index contributed by atoms with van der Waals surface area (Å²) >= 11 is 0. The Morgan fingerprint density at radius 1 is 1.11 bits per heavy atom. The van der Waals surface area contributed by atoms with Crippen LogP contribution in [0.4, 0.5) is 10.2 Å². The number of hydrogen-bond acceptors (Lipinski definition) is 6. The van der Waals surface area contributed by atoms with Gasteiger partial charge in [0, 0.05) is 30.7 Å². The van der Waals surface area contributed by atoms with Gasteiger partial charge in [0.2, 0.25) is 0 Å². The Balaban J connectivity index is 0.00000109. The number of nitrogen functional groups attached to an aromatic ring is 1. The Morgan fingerprint density at radius 3 is 2.61 bits per heavy atom. The van der Waals surface area contributed by atoms with Crippen LogP contribution in [0.15, 0.2) is 43.0 Å². The van der Waals surface area contributed by atoms with Crippen LogP contribution < -0.4 is 10.5 Å². The number of anilines is 1. The van der Waals surface area contributed by atoms with E-state index in [1.54, 1.807) is 25.3 Å². The van der Waals surface area contributed by atoms with Crippen LogP contribution in [-0.2, 0) is 7.05 Å². The molecule has 8 heteroatoms. The predicted molar refractivity (Wildman–Crippen MR) is 107 cm³/mol. The maximum Gasteiger partial charge on any atom is 0.322 e. The van der Waals surface area contributed by atoms with Gasteiger partial charge in [-0.05, 0) is 30.7 Å². The molecule has 144 valence electrons. The van der Waals surface area contributed by atoms with Gasteiger partial charge in [-0.25, -0.2) is 24.3 Å². The van der Waals surface area contributed by atoms with E-state index in [4.69, 9.17) is 10.5 Å². The van der Waals surface area contributed by atoms with E-state index in [0.29, 0.717) is 22.4 Å². The number of rotatable bonds is 3. The van der Waals surface area contributed by atoms with Crippen molar-refractivity contribution in [1.29, 1.82) is 0 Å². The SMILES string of the molecule is CC.Cc1ccnc(Oc2ccc(-c3cn(C)c4ncnc(N)c34)cc2F)n1. The average molecular weight is 380 g/mol. The standard InChI is InChI=1S/C18H15FN6O.C2H6/c1-10-5-6-21-18(24-10)26-14-4-3-11(7-13(14)19)12-8-25(2)17-15(12)16(20)22-9-23-17;1-2/h3-9H,1-2H3,(H2,20,22,23);1-2H3. The van der Waals surface area contributed by atoms with Gasteiger partial charge in [0.1, 0.15) is 17.8 Å². The largest absolute Gasteiger partial charge is 0.421 e. The molecule has 0 aliphatic rings. The average Bonchev–Trinajstić information content (AvgIpc) is 3.03. The van der Waals surface area contributed by atoms with E-state index in [1.807, 2.05) is 31.7 Å². The van der Waals surface area contributed by atoms with E-state index in [9.17, 15) is 4.39 Å². The van der Waals surface area contributed by atoms with Crippen molar-refractivity contribution in [2.45, 2.75) is 20.8 Å². The molecule has 0 bridgehead atoms. The lowest BCUT2D eigenvalue weighted by atomic mass is 10.1. The van der Waals surface area contributed by atoms with Crippen molar-refractivity contribution in [3.63, 3.8) is 0 Å². The van der Waals surface area contributed by atoms with Crippen molar-refractivity contribution in [2.75, 3.05) is 5.73 Å². The fourth-order valence-electron chi connectivity index (χ4n) is 2.78. The first-order valence-electron chi connectivity index (χ1n) is 8.86. The van der Waals surface area contributed by atoms with Gasteiger partial charge in [0.15, 0.2) is 11.6 Å². The van der Waals surface area contributed by atoms with Gasteiger partial charge in [-0.3, -0.25) is 0 Å². The molecule has 28 heavy (non-hydrogen) atoms. The molecule has 1 aromatic carbocycles. The van der Waals surface area contributed by atoms with E-state index < -0.39 is 5.82 Å². The van der Waals surface area contributed by atoms with Crippen LogP contribution in [0.1, 0.15) is 19.5 Å². The highest BCUT2D eigenvalue weighted by molar-refractivity contribution is 6.00. The summed E-state index contributed by atoms with van der Waals surface area (Å²) in [5.41, 5.74) is 8.80. The van der Waals surface area contributed by atoms with Crippen LogP contribution in [0.25, 0.3) is 22.2 Å². The molecule has 0 fully saturated rings. The fourth-order valence-corrected chi connectivity index (χ4v) is 2.78. The molecular weight excluding hydrogens is 359 g/mol. The molecule has 0 spiro atoms. The Bertz CT molecular complexity index is 1130. The number of nitrogens with two attached hydrogens (primary N) is 1. The zero-order valence-electron chi connectivity index (χ0n) is 16.1. The number of hydrogen-bond donors (Lipinski definition) is 1. The summed E-state index contributed by atoms with van der Waals surface area (Å²) in [6.45, 7) is 5.81. The number of ether oxygens (including phenoxy) is 1. The molecular formula is C20H21FN6O. The van der Waals surface area contributed by atoms with Crippen LogP contribution in [0, 0.1) is 12.7 Å². The molecule has 0 saturated carbocycles. The fraction of sp³-hybridized carbons (Fsp3) is 0.200. The molecule has 7 nitrogen and oxygen atoms in total. The summed E-state index contributed by atoms with van der Waals surface area (Å²) in [5.74, 6) is -0.136. The van der Waals surface area contributed by atoms with Crippen LogP contribution in [0.3, 0.4) is 0 Å². The molecule has 0 amide bonds. The molecule has 4 rings (SSSR count). The first-order chi connectivity index (χ1) is 13.5. The molecule has 4 aromatic rings. The zero-order chi connectivity index (χ0) is 20.3. The highest BCUT2D eigenvalue weighted by atomic mass is 19.1. The number of nitrogens with zero attached hydrogens (tertiary/aromatic N) is 5. The van der Waals surface area contributed by atoms with Gasteiger partial charge in [-0.2, -0.15) is 0 Å². The third kappa shape index (κ3) is 3.62. The summed E-state index contributed by atoms with van der Waals surface area (Å²) in [5, 5.41) is 0.685. The lowest BCUT2D eigenvalue weighted by Crippen LogP contribution is -1.95. The van der Waals surface area contributed by atoms with Crippen LogP contribution in [-0.4, -0.2) is 24.5 Å². The van der Waals surface area contributed by atoms with Gasteiger partial charge in [-0.15, -0.1) is 0 Å². The third-order valence-corrected chi connectivity index (χ3v) is 4.00. The van der Waals surface area contributed by atoms with Crippen molar-refractivity contribution < 1.29 is 9.13 Å². The van der Waals surface area contributed by atoms with Crippen molar-refractivity contribution in [2.24, 2.45) is 7.05 Å². The molecule has 0 aliphatic carbocycles. The number of aryl methyl sites for hydroxylation is 2. The van der Waals surface area contributed by atoms with E-state index in [-0.39, 0.29) is 11.8 Å². The van der Waals surface area contributed by atoms with Gasteiger partial charge >= 0.3 is 6.01 Å². The molecule has 0 saturated heterocycles. The minimum absolute atomic E-state index is 0.0452. The maximum atomic E-state index is 14.6. The predicted octanol–water partition coefficient (Wildman–Crippen LogP) is 4.27. The lowest BCUT2D eigenvalue weighted by molar-refractivity contribution is 0.410. The molecule has 3 aromatic heterocycles. The second kappa shape index (κ2) is 7.99. The number of fused-ring (bicyclic) bond motifs is 1. The Hall–Kier alpha value is -3.55. The van der Waals surface area contributed by atoms with E-state index in [0.717, 1.165) is 11.3 Å². The van der Waals surface area contributed by atoms with E-state index in [2.05, 4.69) is 19.9 Å². The number of halogens is 1. The topological polar surface area (TPSA) is 91.7 Å². The zero-order valence-corrected chi connectivity index (χ0v) is 16.1. The van der Waals surface area contributed by atoms with Gasteiger partial charge in [0.25, 0.3) is 0 Å². The molecule has 0 atom stereocenters. The van der Waals surface area contributed by atoms with Crippen LogP contribution in [0.2, 0.25) is 0 Å². The van der Waals surface area contributed by atoms with Crippen LogP contribution in [0.5, 0.6) is 11.8 Å². The Morgan fingerprint density at radius 2 is 1.89 bits per heavy atom. The summed E-state index contributed by atoms with van der Waals surface area (Å²) in [7, 11) is 1.85. The molecule has 0 radical (unpaired) electrons. The second-order valence-electron chi connectivity index (χ2n) is 5.84. The first kappa shape index (κ1) is 19.2. The Kier molecular flexibility index (Phi) is 5.49. The van der Waals surface area contributed by atoms with Gasteiger partial charge in [0.05, 0.1) is 5.39 Å². The first-order valence-corrected chi connectivity index (χ1v) is 8.86. The Labute approximate surface area is 162 Å². The van der Waals surface area contributed by atoms with Gasteiger partial charge in [-0.1, -0.05) is 19.9 Å².